The van der Waals surface area contributed by atoms with Gasteiger partial charge in [0.25, 0.3) is 0 Å². The summed E-state index contributed by atoms with van der Waals surface area (Å²) in [6, 6.07) is 16.3. The van der Waals surface area contributed by atoms with Crippen molar-refractivity contribution in [2.75, 3.05) is 13.2 Å². The predicted octanol–water partition coefficient (Wildman–Crippen LogP) is 4.33. The Kier molecular flexibility index (Phi) is 5.28. The van der Waals surface area contributed by atoms with Gasteiger partial charge in [-0.15, -0.1) is 0 Å². The molecule has 0 spiro atoms. The highest BCUT2D eigenvalue weighted by Crippen LogP contribution is 2.34. The first-order chi connectivity index (χ1) is 12.7. The molecule has 0 unspecified atom stereocenters. The van der Waals surface area contributed by atoms with Gasteiger partial charge in [-0.05, 0) is 42.0 Å². The van der Waals surface area contributed by atoms with Crippen LogP contribution in [0.15, 0.2) is 42.5 Å². The topological polar surface area (TPSA) is 33.3 Å². The van der Waals surface area contributed by atoms with Crippen molar-refractivity contribution in [2.45, 2.75) is 57.7 Å². The summed E-state index contributed by atoms with van der Waals surface area (Å²) in [5, 5.41) is 7.55. The van der Waals surface area contributed by atoms with Crippen LogP contribution in [0.1, 0.15) is 60.9 Å². The van der Waals surface area contributed by atoms with E-state index in [0.717, 1.165) is 31.9 Å². The standard InChI is InChI=1S/C23H30N2O/c1-16(2)19-13-18-10-12-26-23(18)20(14-19)15-25-21-9-6-11-24-22(21)17-7-4-3-5-8-17/h3-5,7-8,13-14,16,21-22,24-25H,6,9-12,15H2,1-2H3/t21-,22-/m0/s1. The molecule has 0 aromatic heterocycles. The van der Waals surface area contributed by atoms with E-state index in [4.69, 9.17) is 4.74 Å². The highest BCUT2D eigenvalue weighted by atomic mass is 16.5. The van der Waals surface area contributed by atoms with Gasteiger partial charge < -0.3 is 15.4 Å². The summed E-state index contributed by atoms with van der Waals surface area (Å²) in [5.74, 6) is 1.68. The molecule has 2 aliphatic rings. The second-order valence-electron chi connectivity index (χ2n) is 7.89. The fourth-order valence-electron chi connectivity index (χ4n) is 4.24. The third-order valence-electron chi connectivity index (χ3n) is 5.72. The maximum Gasteiger partial charge on any atom is 0.127 e. The zero-order valence-corrected chi connectivity index (χ0v) is 15.9. The molecule has 0 saturated carbocycles. The van der Waals surface area contributed by atoms with Crippen molar-refractivity contribution >= 4 is 0 Å². The van der Waals surface area contributed by atoms with E-state index in [1.807, 2.05) is 0 Å². The third-order valence-corrected chi connectivity index (χ3v) is 5.72. The molecule has 2 aromatic carbocycles. The largest absolute Gasteiger partial charge is 0.493 e. The number of nitrogens with one attached hydrogen (secondary N) is 2. The van der Waals surface area contributed by atoms with Crippen molar-refractivity contribution in [2.24, 2.45) is 0 Å². The molecule has 2 aliphatic heterocycles. The summed E-state index contributed by atoms with van der Waals surface area (Å²) in [6.07, 6.45) is 3.47. The molecule has 26 heavy (non-hydrogen) atoms. The van der Waals surface area contributed by atoms with Crippen molar-refractivity contribution in [3.05, 3.63) is 64.7 Å². The van der Waals surface area contributed by atoms with Crippen LogP contribution in [0.25, 0.3) is 0 Å². The van der Waals surface area contributed by atoms with E-state index in [1.165, 1.54) is 35.1 Å². The molecule has 0 radical (unpaired) electrons. The number of hydrogen-bond acceptors (Lipinski definition) is 3. The molecule has 0 aliphatic carbocycles. The van der Waals surface area contributed by atoms with Gasteiger partial charge in [-0.2, -0.15) is 0 Å². The number of piperidine rings is 1. The van der Waals surface area contributed by atoms with Gasteiger partial charge in [-0.25, -0.2) is 0 Å². The normalized spacial score (nSPS) is 22.3. The molecule has 0 amide bonds. The molecule has 4 rings (SSSR count). The average Bonchev–Trinajstić information content (AvgIpc) is 3.16. The summed E-state index contributed by atoms with van der Waals surface area (Å²) in [5.41, 5.74) is 5.50. The SMILES string of the molecule is CC(C)c1cc2c(c(CN[C@H]3CCCN[C@H]3c3ccccc3)c1)OCC2. The second-order valence-corrected chi connectivity index (χ2v) is 7.89. The summed E-state index contributed by atoms with van der Waals surface area (Å²) in [6.45, 7) is 7.33. The highest BCUT2D eigenvalue weighted by molar-refractivity contribution is 5.47. The lowest BCUT2D eigenvalue weighted by Gasteiger charge is -2.34. The molecule has 2 heterocycles. The van der Waals surface area contributed by atoms with Crippen LogP contribution in [0.4, 0.5) is 0 Å². The maximum absolute atomic E-state index is 5.96. The zero-order valence-electron chi connectivity index (χ0n) is 15.9. The van der Waals surface area contributed by atoms with Crippen LogP contribution in [0.5, 0.6) is 5.75 Å². The Hall–Kier alpha value is -1.84. The van der Waals surface area contributed by atoms with Gasteiger partial charge in [0.1, 0.15) is 5.75 Å². The number of ether oxygens (including phenoxy) is 1. The highest BCUT2D eigenvalue weighted by Gasteiger charge is 2.26. The monoisotopic (exact) mass is 350 g/mol. The van der Waals surface area contributed by atoms with Crippen molar-refractivity contribution in [1.82, 2.24) is 10.6 Å². The minimum absolute atomic E-state index is 0.382. The molecular formula is C23H30N2O. The van der Waals surface area contributed by atoms with Crippen LogP contribution < -0.4 is 15.4 Å². The summed E-state index contributed by atoms with van der Waals surface area (Å²) in [7, 11) is 0. The van der Waals surface area contributed by atoms with Crippen LogP contribution in [0.2, 0.25) is 0 Å². The van der Waals surface area contributed by atoms with Gasteiger partial charge in [-0.3, -0.25) is 0 Å². The molecule has 1 saturated heterocycles. The predicted molar refractivity (Wildman–Crippen MR) is 107 cm³/mol. The van der Waals surface area contributed by atoms with Gasteiger partial charge in [0.2, 0.25) is 0 Å². The molecule has 2 N–H and O–H groups in total. The Labute approximate surface area is 157 Å². The Morgan fingerprint density at radius 3 is 2.85 bits per heavy atom. The fraction of sp³-hybridized carbons (Fsp3) is 0.478. The van der Waals surface area contributed by atoms with Gasteiger partial charge in [0.05, 0.1) is 6.61 Å². The van der Waals surface area contributed by atoms with E-state index in [1.54, 1.807) is 0 Å². The summed E-state index contributed by atoms with van der Waals surface area (Å²) < 4.78 is 5.96. The van der Waals surface area contributed by atoms with Gasteiger partial charge in [0.15, 0.2) is 0 Å². The number of benzene rings is 2. The van der Waals surface area contributed by atoms with Crippen LogP contribution in [0.3, 0.4) is 0 Å². The summed E-state index contributed by atoms with van der Waals surface area (Å²) >= 11 is 0. The minimum atomic E-state index is 0.382. The summed E-state index contributed by atoms with van der Waals surface area (Å²) in [4.78, 5) is 0. The molecule has 2 atom stereocenters. The van der Waals surface area contributed by atoms with Gasteiger partial charge >= 0.3 is 0 Å². The first-order valence-electron chi connectivity index (χ1n) is 10.0. The fourth-order valence-corrected chi connectivity index (χ4v) is 4.24. The first kappa shape index (κ1) is 17.6. The first-order valence-corrected chi connectivity index (χ1v) is 10.0. The van der Waals surface area contributed by atoms with E-state index in [-0.39, 0.29) is 0 Å². The van der Waals surface area contributed by atoms with E-state index >= 15 is 0 Å². The van der Waals surface area contributed by atoms with Crippen LogP contribution in [-0.2, 0) is 13.0 Å². The van der Waals surface area contributed by atoms with Crippen molar-refractivity contribution in [3.8, 4) is 5.75 Å². The number of hydrogen-bond donors (Lipinski definition) is 2. The molecule has 2 aromatic rings. The average molecular weight is 351 g/mol. The molecule has 0 bridgehead atoms. The number of fused-ring (bicyclic) bond motifs is 1. The lowest BCUT2D eigenvalue weighted by Crippen LogP contribution is -2.45. The lowest BCUT2D eigenvalue weighted by molar-refractivity contribution is 0.301. The maximum atomic E-state index is 5.96. The Bertz CT molecular complexity index is 741. The number of rotatable bonds is 5. The van der Waals surface area contributed by atoms with Crippen molar-refractivity contribution < 1.29 is 4.74 Å². The third kappa shape index (κ3) is 3.65. The van der Waals surface area contributed by atoms with Crippen LogP contribution >= 0.6 is 0 Å². The Morgan fingerprint density at radius 2 is 2.04 bits per heavy atom. The van der Waals surface area contributed by atoms with E-state index < -0.39 is 0 Å². The van der Waals surface area contributed by atoms with Gasteiger partial charge in [0, 0.05) is 30.6 Å². The van der Waals surface area contributed by atoms with Crippen LogP contribution in [-0.4, -0.2) is 19.2 Å². The molecule has 3 nitrogen and oxygen atoms in total. The molecular weight excluding hydrogens is 320 g/mol. The van der Waals surface area contributed by atoms with E-state index in [2.05, 4.69) is 66.9 Å². The zero-order chi connectivity index (χ0) is 17.9. The van der Waals surface area contributed by atoms with Gasteiger partial charge in [-0.1, -0.05) is 56.3 Å². The van der Waals surface area contributed by atoms with Crippen molar-refractivity contribution in [3.63, 3.8) is 0 Å². The molecule has 1 fully saturated rings. The second kappa shape index (κ2) is 7.81. The Balaban J connectivity index is 1.53. The van der Waals surface area contributed by atoms with E-state index in [9.17, 15) is 0 Å². The van der Waals surface area contributed by atoms with Crippen LogP contribution in [0, 0.1) is 0 Å². The van der Waals surface area contributed by atoms with E-state index in [0.29, 0.717) is 18.0 Å². The minimum Gasteiger partial charge on any atom is -0.493 e. The van der Waals surface area contributed by atoms with Crippen molar-refractivity contribution in [1.29, 1.82) is 0 Å². The lowest BCUT2D eigenvalue weighted by atomic mass is 9.91. The Morgan fingerprint density at radius 1 is 1.19 bits per heavy atom. The molecule has 138 valence electrons. The smallest absolute Gasteiger partial charge is 0.127 e. The molecule has 3 heteroatoms. The quantitative estimate of drug-likeness (QED) is 0.842.